The number of aryl methyl sites for hydroxylation is 1. The van der Waals surface area contributed by atoms with Crippen LogP contribution in [0.15, 0.2) is 57.0 Å². The number of hydrogen-bond acceptors (Lipinski definition) is 6. The highest BCUT2D eigenvalue weighted by atomic mass is 35.5. The molecule has 1 aliphatic heterocycles. The molecule has 10 heteroatoms. The highest BCUT2D eigenvalue weighted by Crippen LogP contribution is 2.28. The normalized spacial score (nSPS) is 15.3. The van der Waals surface area contributed by atoms with Crippen LogP contribution in [0.5, 0.6) is 5.75 Å². The summed E-state index contributed by atoms with van der Waals surface area (Å²) in [6.45, 7) is 6.40. The number of aromatic nitrogens is 3. The van der Waals surface area contributed by atoms with E-state index in [1.807, 2.05) is 45.0 Å². The van der Waals surface area contributed by atoms with Crippen LogP contribution in [-0.2, 0) is 17.8 Å². The molecule has 0 radical (unpaired) electrons. The van der Waals surface area contributed by atoms with E-state index in [1.165, 1.54) is 4.57 Å². The van der Waals surface area contributed by atoms with E-state index in [4.69, 9.17) is 21.1 Å². The van der Waals surface area contributed by atoms with Gasteiger partial charge in [0.2, 0.25) is 5.62 Å². The molecule has 186 valence electrons. The summed E-state index contributed by atoms with van der Waals surface area (Å²) in [6.07, 6.45) is 0.0326. The van der Waals surface area contributed by atoms with Gasteiger partial charge in [0.15, 0.2) is 0 Å². The number of aliphatic hydroxyl groups excluding tert-OH is 1. The van der Waals surface area contributed by atoms with Gasteiger partial charge in [-0.15, -0.1) is 0 Å². The molecule has 9 nitrogen and oxygen atoms in total. The molecule has 4 rings (SSSR count). The van der Waals surface area contributed by atoms with Crippen LogP contribution in [0, 0.1) is 12.3 Å². The van der Waals surface area contributed by atoms with Gasteiger partial charge >= 0.3 is 11.4 Å². The SMILES string of the molecule is Cc1cc(/N=c2\[nH]c(=O)n(CC3(CO)COC3)c(=O)n2Cc2ccc(Cl)cc2)ccc1OC(C)C. The molecule has 0 saturated carbocycles. The van der Waals surface area contributed by atoms with Crippen molar-refractivity contribution in [2.24, 2.45) is 10.4 Å². The van der Waals surface area contributed by atoms with Crippen molar-refractivity contribution in [3.8, 4) is 5.75 Å². The van der Waals surface area contributed by atoms with Crippen LogP contribution in [0.2, 0.25) is 5.02 Å². The van der Waals surface area contributed by atoms with Gasteiger partial charge in [-0.25, -0.2) is 19.1 Å². The number of rotatable bonds is 8. The van der Waals surface area contributed by atoms with Crippen molar-refractivity contribution in [1.82, 2.24) is 14.1 Å². The summed E-state index contributed by atoms with van der Waals surface area (Å²) < 4.78 is 13.5. The van der Waals surface area contributed by atoms with E-state index in [0.29, 0.717) is 10.7 Å². The third-order valence-corrected chi connectivity index (χ3v) is 6.09. The molecule has 0 spiro atoms. The number of aliphatic hydroxyl groups is 1. The predicted octanol–water partition coefficient (Wildman–Crippen LogP) is 2.38. The molecule has 1 fully saturated rings. The van der Waals surface area contributed by atoms with E-state index in [-0.39, 0.29) is 44.6 Å². The Balaban J connectivity index is 1.82. The first-order valence-electron chi connectivity index (χ1n) is 11.4. The zero-order valence-corrected chi connectivity index (χ0v) is 20.7. The molecule has 2 N–H and O–H groups in total. The Morgan fingerprint density at radius 2 is 1.89 bits per heavy atom. The Kier molecular flexibility index (Phi) is 7.30. The van der Waals surface area contributed by atoms with Gasteiger partial charge in [-0.3, -0.25) is 9.55 Å². The Morgan fingerprint density at radius 3 is 2.46 bits per heavy atom. The number of nitrogens with zero attached hydrogens (tertiary/aromatic N) is 3. The Hall–Kier alpha value is -3.14. The van der Waals surface area contributed by atoms with E-state index in [9.17, 15) is 14.7 Å². The van der Waals surface area contributed by atoms with Crippen LogP contribution < -0.4 is 21.7 Å². The lowest BCUT2D eigenvalue weighted by atomic mass is 9.87. The van der Waals surface area contributed by atoms with Crippen molar-refractivity contribution in [2.75, 3.05) is 19.8 Å². The van der Waals surface area contributed by atoms with Crippen molar-refractivity contribution >= 4 is 17.3 Å². The van der Waals surface area contributed by atoms with E-state index in [2.05, 4.69) is 9.98 Å². The average molecular weight is 501 g/mol. The zero-order chi connectivity index (χ0) is 25.2. The van der Waals surface area contributed by atoms with Crippen LogP contribution in [0.4, 0.5) is 5.69 Å². The van der Waals surface area contributed by atoms with Gasteiger partial charge in [0.05, 0.1) is 43.6 Å². The predicted molar refractivity (Wildman–Crippen MR) is 132 cm³/mol. The molecule has 2 heterocycles. The minimum Gasteiger partial charge on any atom is -0.491 e. The molecule has 0 amide bonds. The number of H-pyrrole nitrogens is 1. The van der Waals surface area contributed by atoms with Gasteiger partial charge in [-0.05, 0) is 62.2 Å². The highest BCUT2D eigenvalue weighted by molar-refractivity contribution is 6.30. The second kappa shape index (κ2) is 10.2. The summed E-state index contributed by atoms with van der Waals surface area (Å²) in [5.74, 6) is 0.744. The summed E-state index contributed by atoms with van der Waals surface area (Å²) in [7, 11) is 0. The Morgan fingerprint density at radius 1 is 1.17 bits per heavy atom. The molecule has 0 unspecified atom stereocenters. The van der Waals surface area contributed by atoms with Crippen molar-refractivity contribution in [3.63, 3.8) is 0 Å². The van der Waals surface area contributed by atoms with Crippen LogP contribution in [0.3, 0.4) is 0 Å². The average Bonchev–Trinajstić information content (AvgIpc) is 2.78. The molecule has 3 aromatic rings. The third kappa shape index (κ3) is 5.58. The number of ether oxygens (including phenoxy) is 2. The lowest BCUT2D eigenvalue weighted by Gasteiger charge is -2.39. The van der Waals surface area contributed by atoms with E-state index in [0.717, 1.165) is 21.4 Å². The van der Waals surface area contributed by atoms with Crippen LogP contribution in [-0.4, -0.2) is 45.1 Å². The van der Waals surface area contributed by atoms with Crippen molar-refractivity contribution in [3.05, 3.63) is 85.2 Å². The molecule has 1 aromatic heterocycles. The fraction of sp³-hybridized carbons (Fsp3) is 0.400. The van der Waals surface area contributed by atoms with Crippen molar-refractivity contribution in [1.29, 1.82) is 0 Å². The molecular formula is C25H29ClN4O5. The first-order valence-corrected chi connectivity index (χ1v) is 11.8. The van der Waals surface area contributed by atoms with Gasteiger partial charge in [0, 0.05) is 11.6 Å². The molecule has 1 aliphatic rings. The van der Waals surface area contributed by atoms with Crippen LogP contribution >= 0.6 is 11.6 Å². The van der Waals surface area contributed by atoms with Gasteiger partial charge in [-0.1, -0.05) is 23.7 Å². The Labute approximate surface area is 207 Å². The van der Waals surface area contributed by atoms with E-state index < -0.39 is 16.8 Å². The lowest BCUT2D eigenvalue weighted by molar-refractivity contribution is -0.145. The standard InChI is InChI=1S/C25H29ClN4O5/c1-16(2)35-21-9-8-20(10-17(21)3)27-22-28-23(32)30(12-25(13-31)14-34-15-25)24(33)29(22)11-18-4-6-19(26)7-5-18/h4-10,16,31H,11-15H2,1-3H3,(H,27,28,32). The molecular weight excluding hydrogens is 472 g/mol. The first kappa shape index (κ1) is 25.0. The van der Waals surface area contributed by atoms with Crippen molar-refractivity contribution < 1.29 is 14.6 Å². The molecule has 1 saturated heterocycles. The highest BCUT2D eigenvalue weighted by Gasteiger charge is 2.39. The summed E-state index contributed by atoms with van der Waals surface area (Å²) in [5, 5.41) is 10.4. The van der Waals surface area contributed by atoms with Crippen LogP contribution in [0.1, 0.15) is 25.0 Å². The minimum atomic E-state index is -0.656. The van der Waals surface area contributed by atoms with Crippen molar-refractivity contribution in [2.45, 2.75) is 40.0 Å². The van der Waals surface area contributed by atoms with Gasteiger partial charge in [0.25, 0.3) is 0 Å². The largest absolute Gasteiger partial charge is 0.491 e. The number of benzene rings is 2. The number of halogens is 1. The maximum atomic E-state index is 13.5. The molecule has 2 aromatic carbocycles. The van der Waals surface area contributed by atoms with Gasteiger partial charge in [0.1, 0.15) is 5.75 Å². The topological polar surface area (TPSA) is 111 Å². The number of hydrogen-bond donors (Lipinski definition) is 2. The summed E-state index contributed by atoms with van der Waals surface area (Å²) in [5.41, 5.74) is 0.594. The second-order valence-electron chi connectivity index (χ2n) is 9.21. The van der Waals surface area contributed by atoms with E-state index >= 15 is 0 Å². The molecule has 0 aliphatic carbocycles. The Bertz CT molecular complexity index is 1380. The second-order valence-corrected chi connectivity index (χ2v) is 9.65. The fourth-order valence-corrected chi connectivity index (χ4v) is 3.99. The third-order valence-electron chi connectivity index (χ3n) is 5.84. The smallest absolute Gasteiger partial charge is 0.335 e. The summed E-state index contributed by atoms with van der Waals surface area (Å²) >= 11 is 6.02. The summed E-state index contributed by atoms with van der Waals surface area (Å²) in [4.78, 5) is 33.8. The zero-order valence-electron chi connectivity index (χ0n) is 20.0. The fourth-order valence-electron chi connectivity index (χ4n) is 3.87. The number of aromatic amines is 1. The number of nitrogens with one attached hydrogen (secondary N) is 1. The summed E-state index contributed by atoms with van der Waals surface area (Å²) in [6, 6.07) is 12.5. The first-order chi connectivity index (χ1) is 16.7. The molecule has 35 heavy (non-hydrogen) atoms. The maximum Gasteiger partial charge on any atom is 0.335 e. The van der Waals surface area contributed by atoms with Crippen LogP contribution in [0.25, 0.3) is 0 Å². The molecule has 0 bridgehead atoms. The maximum absolute atomic E-state index is 13.5. The quantitative estimate of drug-likeness (QED) is 0.493. The monoisotopic (exact) mass is 500 g/mol. The minimum absolute atomic E-state index is 0.0326. The van der Waals surface area contributed by atoms with Gasteiger partial charge < -0.3 is 14.6 Å². The molecule has 0 atom stereocenters. The lowest BCUT2D eigenvalue weighted by Crippen LogP contribution is -2.56. The van der Waals surface area contributed by atoms with E-state index in [1.54, 1.807) is 18.2 Å². The van der Waals surface area contributed by atoms with Gasteiger partial charge in [-0.2, -0.15) is 0 Å².